The SMILES string of the molecule is CCN[C@H](C)CNC(=O)C(NC(=O)c1ccccc1)c1ccccc1. The number of hydrogen-bond donors (Lipinski definition) is 3. The lowest BCUT2D eigenvalue weighted by Crippen LogP contribution is -2.45. The van der Waals surface area contributed by atoms with E-state index in [2.05, 4.69) is 16.0 Å². The maximum atomic E-state index is 12.7. The molecule has 132 valence electrons. The van der Waals surface area contributed by atoms with E-state index in [1.165, 1.54) is 0 Å². The molecule has 2 aromatic rings. The van der Waals surface area contributed by atoms with Crippen LogP contribution in [0.4, 0.5) is 0 Å². The highest BCUT2D eigenvalue weighted by atomic mass is 16.2. The van der Waals surface area contributed by atoms with Crippen LogP contribution in [0.1, 0.15) is 35.8 Å². The minimum atomic E-state index is -0.734. The fraction of sp³-hybridized carbons (Fsp3) is 0.300. The molecule has 0 aliphatic heterocycles. The first-order valence-corrected chi connectivity index (χ1v) is 8.53. The molecule has 2 amide bonds. The predicted molar refractivity (Wildman–Crippen MR) is 99.2 cm³/mol. The van der Waals surface area contributed by atoms with Crippen LogP contribution in [0.3, 0.4) is 0 Å². The lowest BCUT2D eigenvalue weighted by Gasteiger charge is -2.20. The molecule has 25 heavy (non-hydrogen) atoms. The van der Waals surface area contributed by atoms with Crippen molar-refractivity contribution in [2.24, 2.45) is 0 Å². The Balaban J connectivity index is 2.11. The molecule has 1 unspecified atom stereocenters. The summed E-state index contributed by atoms with van der Waals surface area (Å²) in [5.41, 5.74) is 1.28. The van der Waals surface area contributed by atoms with Crippen LogP contribution >= 0.6 is 0 Å². The first kappa shape index (κ1) is 18.7. The molecule has 0 radical (unpaired) electrons. The Labute approximate surface area is 148 Å². The molecule has 0 saturated heterocycles. The van der Waals surface area contributed by atoms with Crippen molar-refractivity contribution in [3.05, 3.63) is 71.8 Å². The highest BCUT2D eigenvalue weighted by Crippen LogP contribution is 2.14. The molecule has 0 saturated carbocycles. The normalized spacial score (nSPS) is 12.9. The molecule has 0 aliphatic rings. The summed E-state index contributed by atoms with van der Waals surface area (Å²) in [4.78, 5) is 25.1. The van der Waals surface area contributed by atoms with Crippen LogP contribution in [0.25, 0.3) is 0 Å². The van der Waals surface area contributed by atoms with Crippen LogP contribution in [0, 0.1) is 0 Å². The summed E-state index contributed by atoms with van der Waals surface area (Å²) >= 11 is 0. The van der Waals surface area contributed by atoms with Gasteiger partial charge in [-0.25, -0.2) is 0 Å². The largest absolute Gasteiger partial charge is 0.352 e. The van der Waals surface area contributed by atoms with Gasteiger partial charge in [0.15, 0.2) is 0 Å². The Morgan fingerprint density at radius 3 is 2.16 bits per heavy atom. The van der Waals surface area contributed by atoms with Crippen molar-refractivity contribution in [3.8, 4) is 0 Å². The van der Waals surface area contributed by atoms with Crippen molar-refractivity contribution in [2.45, 2.75) is 25.9 Å². The van der Waals surface area contributed by atoms with Crippen LogP contribution in [0.2, 0.25) is 0 Å². The van der Waals surface area contributed by atoms with Gasteiger partial charge in [-0.3, -0.25) is 9.59 Å². The number of carbonyl (C=O) groups excluding carboxylic acids is 2. The van der Waals surface area contributed by atoms with E-state index in [4.69, 9.17) is 0 Å². The maximum absolute atomic E-state index is 12.7. The number of nitrogens with one attached hydrogen (secondary N) is 3. The molecule has 2 atom stereocenters. The molecule has 3 N–H and O–H groups in total. The average Bonchev–Trinajstić information content (AvgIpc) is 2.65. The Kier molecular flexibility index (Phi) is 7.16. The smallest absolute Gasteiger partial charge is 0.252 e. The lowest BCUT2D eigenvalue weighted by molar-refractivity contribution is -0.123. The first-order valence-electron chi connectivity index (χ1n) is 8.53. The zero-order valence-electron chi connectivity index (χ0n) is 14.7. The number of carbonyl (C=O) groups is 2. The minimum Gasteiger partial charge on any atom is -0.352 e. The highest BCUT2D eigenvalue weighted by Gasteiger charge is 2.23. The third-order valence-corrected chi connectivity index (χ3v) is 3.84. The van der Waals surface area contributed by atoms with Crippen LogP contribution in [0.5, 0.6) is 0 Å². The first-order chi connectivity index (χ1) is 12.1. The van der Waals surface area contributed by atoms with Crippen molar-refractivity contribution in [1.82, 2.24) is 16.0 Å². The highest BCUT2D eigenvalue weighted by molar-refractivity contribution is 5.97. The van der Waals surface area contributed by atoms with Gasteiger partial charge >= 0.3 is 0 Å². The zero-order chi connectivity index (χ0) is 18.1. The summed E-state index contributed by atoms with van der Waals surface area (Å²) in [6, 6.07) is 17.6. The van der Waals surface area contributed by atoms with Crippen LogP contribution in [0.15, 0.2) is 60.7 Å². The van der Waals surface area contributed by atoms with Crippen molar-refractivity contribution in [1.29, 1.82) is 0 Å². The number of benzene rings is 2. The van der Waals surface area contributed by atoms with Crippen LogP contribution in [-0.4, -0.2) is 30.9 Å². The number of likely N-dealkylation sites (N-methyl/N-ethyl adjacent to an activating group) is 1. The van der Waals surface area contributed by atoms with Crippen molar-refractivity contribution < 1.29 is 9.59 Å². The van der Waals surface area contributed by atoms with E-state index >= 15 is 0 Å². The molecule has 2 aromatic carbocycles. The van der Waals surface area contributed by atoms with Crippen molar-refractivity contribution >= 4 is 11.8 Å². The molecule has 0 aromatic heterocycles. The van der Waals surface area contributed by atoms with Gasteiger partial charge in [-0.05, 0) is 31.2 Å². The lowest BCUT2D eigenvalue weighted by atomic mass is 10.1. The molecule has 0 bridgehead atoms. The fourth-order valence-electron chi connectivity index (χ4n) is 2.53. The molecule has 5 nitrogen and oxygen atoms in total. The van der Waals surface area contributed by atoms with Gasteiger partial charge in [0.25, 0.3) is 5.91 Å². The summed E-state index contributed by atoms with van der Waals surface area (Å²) in [5.74, 6) is -0.496. The zero-order valence-corrected chi connectivity index (χ0v) is 14.7. The Bertz CT molecular complexity index is 674. The second-order valence-electron chi connectivity index (χ2n) is 5.89. The number of hydrogen-bond acceptors (Lipinski definition) is 3. The standard InChI is InChI=1S/C20H25N3O2/c1-3-21-15(2)14-22-20(25)18(16-10-6-4-7-11-16)23-19(24)17-12-8-5-9-13-17/h4-13,15,18,21H,3,14H2,1-2H3,(H,22,25)(H,23,24)/t15-,18?/m1/s1. The van der Waals surface area contributed by atoms with Crippen LogP contribution in [-0.2, 0) is 4.79 Å². The average molecular weight is 339 g/mol. The molecular weight excluding hydrogens is 314 g/mol. The Morgan fingerprint density at radius 2 is 1.56 bits per heavy atom. The predicted octanol–water partition coefficient (Wildman–Crippen LogP) is 2.27. The molecule has 5 heteroatoms. The molecule has 2 rings (SSSR count). The van der Waals surface area contributed by atoms with Gasteiger partial charge in [-0.1, -0.05) is 55.5 Å². The molecular formula is C20H25N3O2. The number of amides is 2. The van der Waals surface area contributed by atoms with Gasteiger partial charge in [-0.2, -0.15) is 0 Å². The summed E-state index contributed by atoms with van der Waals surface area (Å²) in [6.45, 7) is 5.36. The molecule has 0 heterocycles. The summed E-state index contributed by atoms with van der Waals surface area (Å²) in [7, 11) is 0. The second-order valence-corrected chi connectivity index (χ2v) is 5.89. The monoisotopic (exact) mass is 339 g/mol. The van der Waals surface area contributed by atoms with Gasteiger partial charge in [0.05, 0.1) is 0 Å². The topological polar surface area (TPSA) is 70.2 Å². The third-order valence-electron chi connectivity index (χ3n) is 3.84. The summed E-state index contributed by atoms with van der Waals surface area (Å²) < 4.78 is 0. The van der Waals surface area contributed by atoms with E-state index < -0.39 is 6.04 Å². The van der Waals surface area contributed by atoms with E-state index in [0.717, 1.165) is 12.1 Å². The maximum Gasteiger partial charge on any atom is 0.252 e. The van der Waals surface area contributed by atoms with E-state index in [9.17, 15) is 9.59 Å². The van der Waals surface area contributed by atoms with Gasteiger partial charge in [-0.15, -0.1) is 0 Å². The molecule has 0 aliphatic carbocycles. The van der Waals surface area contributed by atoms with Gasteiger partial charge < -0.3 is 16.0 Å². The van der Waals surface area contributed by atoms with Crippen molar-refractivity contribution in [3.63, 3.8) is 0 Å². The number of rotatable bonds is 8. The summed E-state index contributed by atoms with van der Waals surface area (Å²) in [6.07, 6.45) is 0. The van der Waals surface area contributed by atoms with E-state index in [0.29, 0.717) is 12.1 Å². The van der Waals surface area contributed by atoms with Gasteiger partial charge in [0, 0.05) is 18.2 Å². The fourth-order valence-corrected chi connectivity index (χ4v) is 2.53. The second kappa shape index (κ2) is 9.59. The Morgan fingerprint density at radius 1 is 0.960 bits per heavy atom. The van der Waals surface area contributed by atoms with Crippen molar-refractivity contribution in [2.75, 3.05) is 13.1 Å². The van der Waals surface area contributed by atoms with E-state index in [1.807, 2.05) is 50.2 Å². The molecule has 0 fully saturated rings. The quantitative estimate of drug-likeness (QED) is 0.691. The minimum absolute atomic E-state index is 0.162. The Hall–Kier alpha value is -2.66. The summed E-state index contributed by atoms with van der Waals surface area (Å²) in [5, 5.41) is 8.98. The van der Waals surface area contributed by atoms with E-state index in [-0.39, 0.29) is 17.9 Å². The third kappa shape index (κ3) is 5.72. The van der Waals surface area contributed by atoms with E-state index in [1.54, 1.807) is 24.3 Å². The van der Waals surface area contributed by atoms with Gasteiger partial charge in [0.1, 0.15) is 6.04 Å². The van der Waals surface area contributed by atoms with Gasteiger partial charge in [0.2, 0.25) is 5.91 Å². The molecule has 0 spiro atoms. The van der Waals surface area contributed by atoms with Crippen LogP contribution < -0.4 is 16.0 Å².